The molecule has 2 aromatic carbocycles. The molecule has 2 aromatic heterocycles. The van der Waals surface area contributed by atoms with Gasteiger partial charge in [-0.05, 0) is 73.2 Å². The first kappa shape index (κ1) is 21.0. The highest BCUT2D eigenvalue weighted by Crippen LogP contribution is 2.38. The molecule has 0 bridgehead atoms. The van der Waals surface area contributed by atoms with Crippen molar-refractivity contribution in [3.8, 4) is 11.4 Å². The van der Waals surface area contributed by atoms with Crippen molar-refractivity contribution in [3.05, 3.63) is 101 Å². The number of hydrogen-bond acceptors (Lipinski definition) is 5. The van der Waals surface area contributed by atoms with Crippen LogP contribution in [-0.2, 0) is 6.54 Å². The van der Waals surface area contributed by atoms with Crippen LogP contribution >= 0.6 is 12.2 Å². The van der Waals surface area contributed by atoms with Crippen molar-refractivity contribution >= 4 is 22.9 Å². The summed E-state index contributed by atoms with van der Waals surface area (Å²) in [6.07, 6.45) is 1.60. The second-order valence-electron chi connectivity index (χ2n) is 7.53. The minimum atomic E-state index is -0.438. The zero-order chi connectivity index (χ0) is 22.9. The predicted octanol–water partition coefficient (Wildman–Crippen LogP) is 5.47. The molecule has 9 heteroatoms. The van der Waals surface area contributed by atoms with Gasteiger partial charge in [0.05, 0.1) is 24.4 Å². The van der Waals surface area contributed by atoms with Gasteiger partial charge in [0.25, 0.3) is 5.89 Å². The number of furan rings is 1. The first-order chi connectivity index (χ1) is 16.0. The van der Waals surface area contributed by atoms with Crippen LogP contribution in [0.1, 0.15) is 30.2 Å². The van der Waals surface area contributed by atoms with Crippen LogP contribution < -0.4 is 5.32 Å². The summed E-state index contributed by atoms with van der Waals surface area (Å²) in [6.45, 7) is 2.31. The van der Waals surface area contributed by atoms with Gasteiger partial charge in [0.15, 0.2) is 5.11 Å². The Balaban J connectivity index is 1.59. The van der Waals surface area contributed by atoms with E-state index in [-0.39, 0.29) is 17.5 Å². The smallest absolute Gasteiger partial charge is 0.258 e. The van der Waals surface area contributed by atoms with Crippen molar-refractivity contribution < 1.29 is 17.7 Å². The van der Waals surface area contributed by atoms with E-state index in [9.17, 15) is 8.78 Å². The lowest BCUT2D eigenvalue weighted by Crippen LogP contribution is -2.45. The average Bonchev–Trinajstić information content (AvgIpc) is 3.50. The van der Waals surface area contributed by atoms with Crippen molar-refractivity contribution in [2.75, 3.05) is 0 Å². The molecular formula is C24H18F2N4O2S. The molecule has 0 aliphatic carbocycles. The third-order valence-corrected chi connectivity index (χ3v) is 5.79. The lowest BCUT2D eigenvalue weighted by Gasteiger charge is -2.37. The number of hydrogen-bond donors (Lipinski definition) is 1. The van der Waals surface area contributed by atoms with Crippen LogP contribution in [-0.4, -0.2) is 20.2 Å². The molecule has 0 saturated heterocycles. The summed E-state index contributed by atoms with van der Waals surface area (Å²) in [5.41, 5.74) is 2.89. The number of nitrogens with zero attached hydrogens (tertiary/aromatic N) is 3. The van der Waals surface area contributed by atoms with Crippen LogP contribution in [0.25, 0.3) is 17.0 Å². The van der Waals surface area contributed by atoms with Crippen LogP contribution in [0.2, 0.25) is 0 Å². The maximum atomic E-state index is 13.6. The fourth-order valence-corrected chi connectivity index (χ4v) is 4.08. The summed E-state index contributed by atoms with van der Waals surface area (Å²) in [4.78, 5) is 6.45. The topological polar surface area (TPSA) is 67.3 Å². The van der Waals surface area contributed by atoms with Crippen LogP contribution in [0.5, 0.6) is 0 Å². The number of benzene rings is 2. The SMILES string of the molecule is CC1=C(c2nc(-c3ccc(F)cc3)no2)C(c2ccc(F)cc2)NC(=S)N1Cc1ccco1. The fourth-order valence-electron chi connectivity index (χ4n) is 3.76. The molecule has 0 amide bonds. The van der Waals surface area contributed by atoms with Crippen LogP contribution in [0.4, 0.5) is 8.78 Å². The monoisotopic (exact) mass is 464 g/mol. The van der Waals surface area contributed by atoms with E-state index in [0.717, 1.165) is 17.0 Å². The minimum absolute atomic E-state index is 0.278. The second kappa shape index (κ2) is 8.59. The largest absolute Gasteiger partial charge is 0.467 e. The number of allylic oxidation sites excluding steroid dienone is 1. The van der Waals surface area contributed by atoms with E-state index in [1.165, 1.54) is 24.3 Å². The Morgan fingerprint density at radius 3 is 2.39 bits per heavy atom. The van der Waals surface area contributed by atoms with E-state index in [2.05, 4.69) is 15.5 Å². The maximum absolute atomic E-state index is 13.6. The molecule has 1 unspecified atom stereocenters. The summed E-state index contributed by atoms with van der Waals surface area (Å²) < 4.78 is 38.0. The Bertz CT molecular complexity index is 1320. The molecule has 33 heavy (non-hydrogen) atoms. The van der Waals surface area contributed by atoms with Gasteiger partial charge in [-0.2, -0.15) is 4.98 Å². The fraction of sp³-hybridized carbons (Fsp3) is 0.125. The molecule has 1 atom stereocenters. The quantitative estimate of drug-likeness (QED) is 0.393. The Morgan fingerprint density at radius 2 is 1.73 bits per heavy atom. The lowest BCUT2D eigenvalue weighted by atomic mass is 9.94. The van der Waals surface area contributed by atoms with E-state index < -0.39 is 6.04 Å². The molecular weight excluding hydrogens is 446 g/mol. The highest BCUT2D eigenvalue weighted by atomic mass is 32.1. The van der Waals surface area contributed by atoms with Gasteiger partial charge in [-0.1, -0.05) is 17.3 Å². The number of aromatic nitrogens is 2. The third kappa shape index (κ3) is 4.14. The van der Waals surface area contributed by atoms with Crippen LogP contribution in [0.3, 0.4) is 0 Å². The molecule has 0 fully saturated rings. The predicted molar refractivity (Wildman–Crippen MR) is 121 cm³/mol. The van der Waals surface area contributed by atoms with Gasteiger partial charge < -0.3 is 19.2 Å². The normalized spacial score (nSPS) is 16.3. The average molecular weight is 464 g/mol. The highest BCUT2D eigenvalue weighted by molar-refractivity contribution is 7.80. The number of nitrogens with one attached hydrogen (secondary N) is 1. The van der Waals surface area contributed by atoms with E-state index in [1.54, 1.807) is 30.5 Å². The summed E-state index contributed by atoms with van der Waals surface area (Å²) in [6, 6.07) is 15.2. The summed E-state index contributed by atoms with van der Waals surface area (Å²) in [5.74, 6) is 0.649. The molecule has 3 heterocycles. The van der Waals surface area contributed by atoms with Gasteiger partial charge in [0, 0.05) is 11.3 Å². The van der Waals surface area contributed by atoms with Crippen LogP contribution in [0.15, 0.2) is 81.6 Å². The van der Waals surface area contributed by atoms with Gasteiger partial charge in [-0.25, -0.2) is 8.78 Å². The molecule has 0 saturated carbocycles. The first-order valence-electron chi connectivity index (χ1n) is 10.2. The molecule has 0 spiro atoms. The summed E-state index contributed by atoms with van der Waals surface area (Å²) in [7, 11) is 0. The third-order valence-electron chi connectivity index (χ3n) is 5.45. The zero-order valence-corrected chi connectivity index (χ0v) is 18.3. The molecule has 1 aliphatic heterocycles. The van der Waals surface area contributed by atoms with Gasteiger partial charge in [-0.3, -0.25) is 0 Å². The van der Waals surface area contributed by atoms with Crippen molar-refractivity contribution in [1.29, 1.82) is 0 Å². The van der Waals surface area contributed by atoms with Gasteiger partial charge in [0.1, 0.15) is 17.4 Å². The molecule has 4 aromatic rings. The number of halogens is 2. The Morgan fingerprint density at radius 1 is 1.03 bits per heavy atom. The van der Waals surface area contributed by atoms with Crippen molar-refractivity contribution in [2.24, 2.45) is 0 Å². The van der Waals surface area contributed by atoms with E-state index in [4.69, 9.17) is 21.2 Å². The standard InChI is InChI=1S/C24H18F2N4O2S/c1-14-20(23-28-22(29-32-23)16-6-10-18(26)11-7-16)21(15-4-8-17(25)9-5-15)27-24(33)30(14)13-19-3-2-12-31-19/h2-12,21H,13H2,1H3,(H,27,33). The van der Waals surface area contributed by atoms with Gasteiger partial charge in [0.2, 0.25) is 5.82 Å². The summed E-state index contributed by atoms with van der Waals surface area (Å²) >= 11 is 5.64. The summed E-state index contributed by atoms with van der Waals surface area (Å²) in [5, 5.41) is 7.88. The minimum Gasteiger partial charge on any atom is -0.467 e. The Hall–Kier alpha value is -3.85. The Labute approximate surface area is 193 Å². The lowest BCUT2D eigenvalue weighted by molar-refractivity contribution is 0.382. The van der Waals surface area contributed by atoms with E-state index >= 15 is 0 Å². The molecule has 1 aliphatic rings. The second-order valence-corrected chi connectivity index (χ2v) is 7.92. The number of thiocarbonyl (C=S) groups is 1. The highest BCUT2D eigenvalue weighted by Gasteiger charge is 2.34. The number of rotatable bonds is 5. The molecule has 166 valence electrons. The molecule has 0 radical (unpaired) electrons. The molecule has 1 N–H and O–H groups in total. The van der Waals surface area contributed by atoms with E-state index in [1.807, 2.05) is 24.0 Å². The Kier molecular flexibility index (Phi) is 5.47. The first-order valence-corrected chi connectivity index (χ1v) is 10.6. The van der Waals surface area contributed by atoms with Gasteiger partial charge in [-0.15, -0.1) is 0 Å². The maximum Gasteiger partial charge on any atom is 0.258 e. The van der Waals surface area contributed by atoms with Crippen LogP contribution in [0, 0.1) is 11.6 Å². The van der Waals surface area contributed by atoms with Crippen molar-refractivity contribution in [1.82, 2.24) is 20.4 Å². The van der Waals surface area contributed by atoms with E-state index in [0.29, 0.717) is 28.6 Å². The van der Waals surface area contributed by atoms with Gasteiger partial charge >= 0.3 is 0 Å². The van der Waals surface area contributed by atoms with Crippen molar-refractivity contribution in [3.63, 3.8) is 0 Å². The molecule has 5 rings (SSSR count). The molecule has 6 nitrogen and oxygen atoms in total. The zero-order valence-electron chi connectivity index (χ0n) is 17.5. The van der Waals surface area contributed by atoms with Crippen molar-refractivity contribution in [2.45, 2.75) is 19.5 Å².